The zero-order valence-electron chi connectivity index (χ0n) is 13.4. The molecule has 0 aliphatic rings. The normalized spacial score (nSPS) is 11.8. The van der Waals surface area contributed by atoms with Crippen LogP contribution in [0.2, 0.25) is 0 Å². The Kier molecular flexibility index (Phi) is 4.41. The molecular formula is C20H12ClFN2OS. The molecule has 4 aromatic rings. The molecule has 0 fully saturated rings. The standard InChI is InChI=1S/C20H12ClFN2OS/c21-16(10-12-5-4-8-14(22)9-12)18-23-19(25)15-11-17(26-20(15)24-18)13-6-2-1-3-7-13/h1-11H,(H,23,24,25)/b16-10-. The van der Waals surface area contributed by atoms with Gasteiger partial charge in [-0.25, -0.2) is 9.37 Å². The summed E-state index contributed by atoms with van der Waals surface area (Å²) in [4.78, 5) is 21.2. The van der Waals surface area contributed by atoms with E-state index in [0.29, 0.717) is 15.8 Å². The molecule has 3 nitrogen and oxygen atoms in total. The van der Waals surface area contributed by atoms with E-state index in [2.05, 4.69) is 9.97 Å². The molecule has 26 heavy (non-hydrogen) atoms. The second-order valence-corrected chi connectivity index (χ2v) is 7.10. The molecule has 0 aliphatic heterocycles. The van der Waals surface area contributed by atoms with Crippen LogP contribution in [0.5, 0.6) is 0 Å². The molecule has 128 valence electrons. The first kappa shape index (κ1) is 16.7. The third-order valence-corrected chi connectivity index (χ3v) is 5.20. The molecule has 0 radical (unpaired) electrons. The first-order valence-electron chi connectivity index (χ1n) is 7.82. The number of H-pyrrole nitrogens is 1. The Morgan fingerprint density at radius 2 is 1.92 bits per heavy atom. The number of aromatic nitrogens is 2. The highest BCUT2D eigenvalue weighted by atomic mass is 35.5. The van der Waals surface area contributed by atoms with E-state index in [1.165, 1.54) is 23.5 Å². The summed E-state index contributed by atoms with van der Waals surface area (Å²) < 4.78 is 13.3. The van der Waals surface area contributed by atoms with Gasteiger partial charge in [-0.1, -0.05) is 54.1 Å². The summed E-state index contributed by atoms with van der Waals surface area (Å²) in [6, 6.07) is 17.7. The van der Waals surface area contributed by atoms with Gasteiger partial charge < -0.3 is 4.98 Å². The topological polar surface area (TPSA) is 45.8 Å². The molecule has 6 heteroatoms. The van der Waals surface area contributed by atoms with Crippen molar-refractivity contribution < 1.29 is 4.39 Å². The smallest absolute Gasteiger partial charge is 0.259 e. The molecular weight excluding hydrogens is 371 g/mol. The van der Waals surface area contributed by atoms with Crippen molar-refractivity contribution in [2.24, 2.45) is 0 Å². The van der Waals surface area contributed by atoms with Crippen molar-refractivity contribution in [3.8, 4) is 10.4 Å². The molecule has 0 unspecified atom stereocenters. The number of rotatable bonds is 3. The van der Waals surface area contributed by atoms with Gasteiger partial charge in [0.2, 0.25) is 0 Å². The SMILES string of the molecule is O=c1[nH]c(/C(Cl)=C/c2cccc(F)c2)nc2sc(-c3ccccc3)cc12. The maximum atomic E-state index is 13.3. The van der Waals surface area contributed by atoms with Crippen LogP contribution in [0, 0.1) is 5.82 Å². The summed E-state index contributed by atoms with van der Waals surface area (Å²) in [7, 11) is 0. The minimum absolute atomic E-state index is 0.240. The van der Waals surface area contributed by atoms with Crippen LogP contribution in [0.1, 0.15) is 11.4 Å². The average molecular weight is 383 g/mol. The van der Waals surface area contributed by atoms with Crippen molar-refractivity contribution in [2.45, 2.75) is 0 Å². The van der Waals surface area contributed by atoms with E-state index >= 15 is 0 Å². The molecule has 0 atom stereocenters. The van der Waals surface area contributed by atoms with Gasteiger partial charge in [0.15, 0.2) is 5.82 Å². The van der Waals surface area contributed by atoms with Crippen LogP contribution in [0.25, 0.3) is 31.8 Å². The number of aromatic amines is 1. The van der Waals surface area contributed by atoms with Crippen molar-refractivity contribution in [2.75, 3.05) is 0 Å². The summed E-state index contributed by atoms with van der Waals surface area (Å²) in [5.74, 6) is -0.0965. The minimum Gasteiger partial charge on any atom is -0.305 e. The Hall–Kier alpha value is -2.76. The number of thiophene rings is 1. The lowest BCUT2D eigenvalue weighted by atomic mass is 10.2. The van der Waals surface area contributed by atoms with E-state index in [0.717, 1.165) is 10.4 Å². The maximum Gasteiger partial charge on any atom is 0.259 e. The monoisotopic (exact) mass is 382 g/mol. The molecule has 4 rings (SSSR count). The van der Waals surface area contributed by atoms with Gasteiger partial charge in [-0.05, 0) is 35.4 Å². The summed E-state index contributed by atoms with van der Waals surface area (Å²) in [5, 5.41) is 0.761. The van der Waals surface area contributed by atoms with Crippen molar-refractivity contribution >= 4 is 44.3 Å². The van der Waals surface area contributed by atoms with Gasteiger partial charge >= 0.3 is 0 Å². The third kappa shape index (κ3) is 3.31. The second kappa shape index (κ2) is 6.86. The van der Waals surface area contributed by atoms with Crippen LogP contribution >= 0.6 is 22.9 Å². The van der Waals surface area contributed by atoms with Crippen molar-refractivity contribution in [3.63, 3.8) is 0 Å². The van der Waals surface area contributed by atoms with Gasteiger partial charge in [0.25, 0.3) is 5.56 Å². The molecule has 0 saturated heterocycles. The van der Waals surface area contributed by atoms with Crippen LogP contribution in [0.3, 0.4) is 0 Å². The Morgan fingerprint density at radius 1 is 1.12 bits per heavy atom. The number of hydrogen-bond acceptors (Lipinski definition) is 3. The first-order chi connectivity index (χ1) is 12.6. The Balaban J connectivity index is 1.78. The predicted molar refractivity (Wildman–Crippen MR) is 106 cm³/mol. The molecule has 2 aromatic carbocycles. The zero-order chi connectivity index (χ0) is 18.1. The van der Waals surface area contributed by atoms with E-state index in [4.69, 9.17) is 11.6 Å². The van der Waals surface area contributed by atoms with Crippen molar-refractivity contribution in [1.29, 1.82) is 0 Å². The largest absolute Gasteiger partial charge is 0.305 e. The molecule has 0 spiro atoms. The maximum absolute atomic E-state index is 13.3. The summed E-state index contributed by atoms with van der Waals surface area (Å²) >= 11 is 7.73. The number of nitrogens with one attached hydrogen (secondary N) is 1. The molecule has 2 aromatic heterocycles. The molecule has 1 N–H and O–H groups in total. The van der Waals surface area contributed by atoms with Gasteiger partial charge in [-0.2, -0.15) is 0 Å². The van der Waals surface area contributed by atoms with Gasteiger partial charge in [-0.15, -0.1) is 11.3 Å². The fourth-order valence-corrected chi connectivity index (χ4v) is 3.85. The Morgan fingerprint density at radius 3 is 2.69 bits per heavy atom. The quantitative estimate of drug-likeness (QED) is 0.506. The van der Waals surface area contributed by atoms with E-state index in [9.17, 15) is 9.18 Å². The van der Waals surface area contributed by atoms with E-state index in [1.807, 2.05) is 36.4 Å². The number of hydrogen-bond donors (Lipinski definition) is 1. The number of nitrogens with zero attached hydrogens (tertiary/aromatic N) is 1. The number of halogens is 2. The minimum atomic E-state index is -0.356. The number of benzene rings is 2. The summed E-state index contributed by atoms with van der Waals surface area (Å²) in [6.07, 6.45) is 1.57. The van der Waals surface area contributed by atoms with E-state index < -0.39 is 0 Å². The molecule has 0 amide bonds. The van der Waals surface area contributed by atoms with Crippen LogP contribution in [0.15, 0.2) is 65.5 Å². The Bertz CT molecular complexity index is 1180. The lowest BCUT2D eigenvalue weighted by molar-refractivity contribution is 0.627. The highest BCUT2D eigenvalue weighted by Crippen LogP contribution is 2.31. The van der Waals surface area contributed by atoms with Crippen molar-refractivity contribution in [1.82, 2.24) is 9.97 Å². The van der Waals surface area contributed by atoms with Gasteiger partial charge in [-0.3, -0.25) is 4.79 Å². The summed E-state index contributed by atoms with van der Waals surface area (Å²) in [6.45, 7) is 0. The van der Waals surface area contributed by atoms with Gasteiger partial charge in [0, 0.05) is 4.88 Å². The first-order valence-corrected chi connectivity index (χ1v) is 9.02. The number of fused-ring (bicyclic) bond motifs is 1. The lowest BCUT2D eigenvalue weighted by Crippen LogP contribution is -2.09. The fraction of sp³-hybridized carbons (Fsp3) is 0. The highest BCUT2D eigenvalue weighted by molar-refractivity contribution is 7.21. The lowest BCUT2D eigenvalue weighted by Gasteiger charge is -2.00. The zero-order valence-corrected chi connectivity index (χ0v) is 14.9. The average Bonchev–Trinajstić information content (AvgIpc) is 3.07. The Labute approximate surface area is 157 Å². The van der Waals surface area contributed by atoms with Gasteiger partial charge in [0.1, 0.15) is 10.6 Å². The van der Waals surface area contributed by atoms with Gasteiger partial charge in [0.05, 0.1) is 10.4 Å². The summed E-state index contributed by atoms with van der Waals surface area (Å²) in [5.41, 5.74) is 1.36. The second-order valence-electron chi connectivity index (χ2n) is 5.66. The van der Waals surface area contributed by atoms with Crippen LogP contribution in [0.4, 0.5) is 4.39 Å². The molecule has 0 saturated carbocycles. The third-order valence-electron chi connectivity index (χ3n) is 3.83. The highest BCUT2D eigenvalue weighted by Gasteiger charge is 2.12. The molecule has 0 aliphatic carbocycles. The van der Waals surface area contributed by atoms with E-state index in [1.54, 1.807) is 18.2 Å². The van der Waals surface area contributed by atoms with E-state index in [-0.39, 0.29) is 22.2 Å². The fourth-order valence-electron chi connectivity index (χ4n) is 2.60. The van der Waals surface area contributed by atoms with Crippen molar-refractivity contribution in [3.05, 3.63) is 88.2 Å². The molecule has 2 heterocycles. The van der Waals surface area contributed by atoms with Crippen LogP contribution in [-0.4, -0.2) is 9.97 Å². The van der Waals surface area contributed by atoms with Crippen LogP contribution < -0.4 is 5.56 Å². The van der Waals surface area contributed by atoms with Crippen LogP contribution in [-0.2, 0) is 0 Å². The molecule has 0 bridgehead atoms. The predicted octanol–water partition coefficient (Wildman–Crippen LogP) is 5.53.